The predicted octanol–water partition coefficient (Wildman–Crippen LogP) is 2.64. The number of nitrogens with zero attached hydrogens (tertiary/aromatic N) is 1. The van der Waals surface area contributed by atoms with E-state index in [0.717, 1.165) is 12.8 Å². The Morgan fingerprint density at radius 2 is 1.92 bits per heavy atom. The van der Waals surface area contributed by atoms with Gasteiger partial charge in [-0.15, -0.1) is 36.2 Å². The van der Waals surface area contributed by atoms with Crippen LogP contribution in [0.15, 0.2) is 35.7 Å². The van der Waals surface area contributed by atoms with Crippen molar-refractivity contribution in [2.75, 3.05) is 11.9 Å². The number of nitrogens with one attached hydrogen (secondary N) is 2. The molecule has 142 valence electrons. The van der Waals surface area contributed by atoms with Crippen LogP contribution < -0.4 is 16.4 Å². The van der Waals surface area contributed by atoms with Gasteiger partial charge in [0.1, 0.15) is 0 Å². The van der Waals surface area contributed by atoms with Gasteiger partial charge in [-0.3, -0.25) is 14.9 Å². The van der Waals surface area contributed by atoms with E-state index in [1.165, 1.54) is 11.3 Å². The van der Waals surface area contributed by atoms with Crippen LogP contribution in [-0.4, -0.2) is 29.4 Å². The zero-order valence-electron chi connectivity index (χ0n) is 14.0. The van der Waals surface area contributed by atoms with Crippen LogP contribution in [0.2, 0.25) is 0 Å². The first-order valence-corrected chi connectivity index (χ1v) is 8.83. The Morgan fingerprint density at radius 3 is 2.58 bits per heavy atom. The van der Waals surface area contributed by atoms with Crippen LogP contribution in [0.25, 0.3) is 0 Å². The van der Waals surface area contributed by atoms with Crippen molar-refractivity contribution < 1.29 is 9.59 Å². The molecule has 26 heavy (non-hydrogen) atoms. The average molecular weight is 417 g/mol. The standard InChI is InChI=1S/C17H20N4O2S.2ClH/c18-14(11-6-7-11)9-19-15(22)8-13-10-24-17(20-13)21-16(23)12-4-2-1-3-5-12;;/h1-5,10-11,14H,6-9,18H2,(H,19,22)(H,20,21,23);2*1H. The number of aromatic nitrogens is 1. The van der Waals surface area contributed by atoms with E-state index < -0.39 is 0 Å². The van der Waals surface area contributed by atoms with Crippen molar-refractivity contribution in [2.24, 2.45) is 11.7 Å². The van der Waals surface area contributed by atoms with E-state index in [0.29, 0.717) is 28.9 Å². The molecule has 0 spiro atoms. The zero-order chi connectivity index (χ0) is 16.9. The molecule has 1 heterocycles. The quantitative estimate of drug-likeness (QED) is 0.645. The maximum Gasteiger partial charge on any atom is 0.257 e. The molecule has 0 bridgehead atoms. The van der Waals surface area contributed by atoms with Crippen LogP contribution in [0.5, 0.6) is 0 Å². The third-order valence-electron chi connectivity index (χ3n) is 3.91. The smallest absolute Gasteiger partial charge is 0.257 e. The molecule has 9 heteroatoms. The molecule has 1 aliphatic carbocycles. The molecular weight excluding hydrogens is 395 g/mol. The summed E-state index contributed by atoms with van der Waals surface area (Å²) in [6, 6.07) is 8.98. The predicted molar refractivity (Wildman–Crippen MR) is 108 cm³/mol. The Hall–Kier alpha value is -1.67. The van der Waals surface area contributed by atoms with Crippen molar-refractivity contribution in [3.05, 3.63) is 47.0 Å². The van der Waals surface area contributed by atoms with E-state index >= 15 is 0 Å². The van der Waals surface area contributed by atoms with Gasteiger partial charge in [0.2, 0.25) is 5.91 Å². The van der Waals surface area contributed by atoms with E-state index in [-0.39, 0.29) is 49.1 Å². The first-order valence-electron chi connectivity index (χ1n) is 7.95. The molecule has 1 aromatic carbocycles. The maximum absolute atomic E-state index is 12.1. The molecule has 4 N–H and O–H groups in total. The van der Waals surface area contributed by atoms with Crippen molar-refractivity contribution in [1.82, 2.24) is 10.3 Å². The number of benzene rings is 1. The molecule has 1 saturated carbocycles. The fourth-order valence-corrected chi connectivity index (χ4v) is 3.06. The van der Waals surface area contributed by atoms with Gasteiger partial charge in [0.15, 0.2) is 5.13 Å². The Labute approximate surface area is 168 Å². The van der Waals surface area contributed by atoms with Gasteiger partial charge >= 0.3 is 0 Å². The van der Waals surface area contributed by atoms with Crippen molar-refractivity contribution >= 4 is 53.1 Å². The van der Waals surface area contributed by atoms with Gasteiger partial charge in [0.05, 0.1) is 12.1 Å². The van der Waals surface area contributed by atoms with Gasteiger partial charge in [-0.1, -0.05) is 18.2 Å². The van der Waals surface area contributed by atoms with E-state index in [1.54, 1.807) is 29.6 Å². The lowest BCUT2D eigenvalue weighted by Crippen LogP contribution is -2.39. The van der Waals surface area contributed by atoms with Gasteiger partial charge in [-0.25, -0.2) is 4.98 Å². The van der Waals surface area contributed by atoms with Crippen LogP contribution in [0.3, 0.4) is 0 Å². The maximum atomic E-state index is 12.1. The largest absolute Gasteiger partial charge is 0.354 e. The van der Waals surface area contributed by atoms with Gasteiger partial charge in [0, 0.05) is 23.5 Å². The first kappa shape index (κ1) is 22.4. The second-order valence-corrected chi connectivity index (χ2v) is 6.80. The summed E-state index contributed by atoms with van der Waals surface area (Å²) >= 11 is 1.31. The minimum absolute atomic E-state index is 0. The van der Waals surface area contributed by atoms with Crippen LogP contribution in [-0.2, 0) is 11.2 Å². The molecule has 6 nitrogen and oxygen atoms in total. The molecule has 0 aliphatic heterocycles. The average Bonchev–Trinajstić information content (AvgIpc) is 3.36. The molecule has 0 saturated heterocycles. The van der Waals surface area contributed by atoms with Crippen LogP contribution >= 0.6 is 36.2 Å². The number of rotatable bonds is 7. The Balaban J connectivity index is 0.00000169. The normalized spacial score (nSPS) is 13.7. The highest BCUT2D eigenvalue weighted by Crippen LogP contribution is 2.31. The number of nitrogens with two attached hydrogens (primary N) is 1. The Bertz CT molecular complexity index is 723. The Kier molecular flexibility index (Phi) is 9.01. The van der Waals surface area contributed by atoms with E-state index in [4.69, 9.17) is 5.73 Å². The number of thiazole rings is 1. The highest BCUT2D eigenvalue weighted by Gasteiger charge is 2.28. The first-order chi connectivity index (χ1) is 11.6. The van der Waals surface area contributed by atoms with Gasteiger partial charge < -0.3 is 11.1 Å². The summed E-state index contributed by atoms with van der Waals surface area (Å²) in [5, 5.41) is 7.85. The number of carbonyl (C=O) groups is 2. The molecule has 1 fully saturated rings. The summed E-state index contributed by atoms with van der Waals surface area (Å²) in [6.07, 6.45) is 2.51. The second kappa shape index (κ2) is 10.5. The molecule has 0 radical (unpaired) electrons. The fraction of sp³-hybridized carbons (Fsp3) is 0.353. The topological polar surface area (TPSA) is 97.1 Å². The van der Waals surface area contributed by atoms with Gasteiger partial charge in [-0.05, 0) is 30.9 Å². The monoisotopic (exact) mass is 416 g/mol. The van der Waals surface area contributed by atoms with Gasteiger partial charge in [0.25, 0.3) is 5.91 Å². The summed E-state index contributed by atoms with van der Waals surface area (Å²) in [6.45, 7) is 0.505. The third-order valence-corrected chi connectivity index (χ3v) is 4.72. The summed E-state index contributed by atoms with van der Waals surface area (Å²) in [5.74, 6) is 0.248. The molecule has 3 rings (SSSR count). The molecule has 1 unspecified atom stereocenters. The molecule has 1 aromatic heterocycles. The third kappa shape index (κ3) is 6.57. The zero-order valence-corrected chi connectivity index (χ0v) is 16.5. The lowest BCUT2D eigenvalue weighted by atomic mass is 10.2. The number of amides is 2. The lowest BCUT2D eigenvalue weighted by Gasteiger charge is -2.10. The summed E-state index contributed by atoms with van der Waals surface area (Å²) in [7, 11) is 0. The molecule has 2 amide bonds. The summed E-state index contributed by atoms with van der Waals surface area (Å²) < 4.78 is 0. The van der Waals surface area contributed by atoms with Crippen molar-refractivity contribution in [2.45, 2.75) is 25.3 Å². The minimum atomic E-state index is -0.212. The number of halogens is 2. The fourth-order valence-electron chi connectivity index (χ4n) is 2.35. The van der Waals surface area contributed by atoms with Crippen LogP contribution in [0.1, 0.15) is 28.9 Å². The minimum Gasteiger partial charge on any atom is -0.354 e. The highest BCUT2D eigenvalue weighted by atomic mass is 35.5. The molecule has 1 atom stereocenters. The van der Waals surface area contributed by atoms with Crippen molar-refractivity contribution in [3.63, 3.8) is 0 Å². The Morgan fingerprint density at radius 1 is 1.23 bits per heavy atom. The molecule has 2 aromatic rings. The highest BCUT2D eigenvalue weighted by molar-refractivity contribution is 7.14. The van der Waals surface area contributed by atoms with E-state index in [9.17, 15) is 9.59 Å². The van der Waals surface area contributed by atoms with Crippen LogP contribution in [0, 0.1) is 5.92 Å². The summed E-state index contributed by atoms with van der Waals surface area (Å²) in [5.41, 5.74) is 7.17. The second-order valence-electron chi connectivity index (χ2n) is 5.95. The lowest BCUT2D eigenvalue weighted by molar-refractivity contribution is -0.120. The number of carbonyl (C=O) groups excluding carboxylic acids is 2. The molecular formula is C17H22Cl2N4O2S. The number of hydrogen-bond donors (Lipinski definition) is 3. The number of anilines is 1. The van der Waals surface area contributed by atoms with E-state index in [1.807, 2.05) is 6.07 Å². The van der Waals surface area contributed by atoms with E-state index in [2.05, 4.69) is 15.6 Å². The SMILES string of the molecule is Cl.Cl.NC(CNC(=O)Cc1csc(NC(=O)c2ccccc2)n1)C1CC1. The van der Waals surface area contributed by atoms with Gasteiger partial charge in [-0.2, -0.15) is 0 Å². The summed E-state index contributed by atoms with van der Waals surface area (Å²) in [4.78, 5) is 28.3. The van der Waals surface area contributed by atoms with Crippen molar-refractivity contribution in [3.8, 4) is 0 Å². The molecule has 1 aliphatic rings. The van der Waals surface area contributed by atoms with Crippen LogP contribution in [0.4, 0.5) is 5.13 Å². The number of hydrogen-bond acceptors (Lipinski definition) is 5. The van der Waals surface area contributed by atoms with Crippen molar-refractivity contribution in [1.29, 1.82) is 0 Å².